The molecule has 1 unspecified atom stereocenters. The van der Waals surface area contributed by atoms with E-state index in [9.17, 15) is 0 Å². The Labute approximate surface area is 84.2 Å². The number of nitrogens with one attached hydrogen (secondary N) is 1. The molecule has 0 aliphatic carbocycles. The molecule has 1 atom stereocenters. The van der Waals surface area contributed by atoms with Crippen molar-refractivity contribution < 1.29 is 6.15 Å². The van der Waals surface area contributed by atoms with Crippen LogP contribution in [-0.2, 0) is 0 Å². The molecule has 1 aromatic carbocycles. The van der Waals surface area contributed by atoms with Gasteiger partial charge in [-0.15, -0.1) is 0 Å². The van der Waals surface area contributed by atoms with Crippen LogP contribution < -0.4 is 15.8 Å². The zero-order valence-electron chi connectivity index (χ0n) is 9.19. The van der Waals surface area contributed by atoms with Crippen LogP contribution in [0, 0.1) is 0 Å². The van der Waals surface area contributed by atoms with E-state index in [1.807, 2.05) is 19.1 Å². The van der Waals surface area contributed by atoms with E-state index in [4.69, 9.17) is 11.9 Å². The van der Waals surface area contributed by atoms with Gasteiger partial charge in [-0.1, -0.05) is 0 Å². The summed E-state index contributed by atoms with van der Waals surface area (Å²) in [7, 11) is 1.60. The minimum Gasteiger partial charge on any atom is -0.497 e. The van der Waals surface area contributed by atoms with Crippen LogP contribution in [0.25, 0.3) is 0 Å². The number of fused-ring (bicyclic) bond motifs is 1. The van der Waals surface area contributed by atoms with Crippen molar-refractivity contribution in [3.05, 3.63) is 23.8 Å². The van der Waals surface area contributed by atoms with Gasteiger partial charge in [-0.2, -0.15) is 0 Å². The third kappa shape index (κ3) is 1.39. The number of hydrogen-bond donors (Lipinski definition) is 2. The number of aliphatic imine (C=N–C) groups is 1. The number of nitrogens with zero attached hydrogens (tertiary/aromatic N) is 1. The largest absolute Gasteiger partial charge is 0.497 e. The standard InChI is InChI=1S/C10H13N3O/c1-6-12-9-4-3-7(14-2)5-8(9)10(11)13-6/h3-6,12H,1-2H3,(H2,11,13)/i/hD. The van der Waals surface area contributed by atoms with Gasteiger partial charge in [0.1, 0.15) is 17.8 Å². The SMILES string of the molecule is [2H]N1c2ccc(OC)cc2C(N)=NC1C. The number of benzene rings is 1. The van der Waals surface area contributed by atoms with Crippen LogP contribution in [0.3, 0.4) is 0 Å². The Morgan fingerprint density at radius 2 is 2.43 bits per heavy atom. The van der Waals surface area contributed by atoms with Crippen molar-refractivity contribution in [1.82, 2.24) is 0 Å². The lowest BCUT2D eigenvalue weighted by Crippen LogP contribution is -2.27. The zero-order chi connectivity index (χ0) is 11.0. The van der Waals surface area contributed by atoms with E-state index >= 15 is 0 Å². The number of nitrogens with two attached hydrogens (primary N) is 1. The Morgan fingerprint density at radius 1 is 1.64 bits per heavy atom. The maximum absolute atomic E-state index is 7.81. The van der Waals surface area contributed by atoms with Crippen LogP contribution in [0.15, 0.2) is 23.2 Å². The van der Waals surface area contributed by atoms with E-state index in [0.717, 1.165) is 17.0 Å². The van der Waals surface area contributed by atoms with Crippen LogP contribution in [0.4, 0.5) is 5.69 Å². The molecular weight excluding hydrogens is 178 g/mol. The van der Waals surface area contributed by atoms with Gasteiger partial charge in [0.15, 0.2) is 1.41 Å². The summed E-state index contributed by atoms with van der Waals surface area (Å²) in [6.07, 6.45) is -0.245. The fourth-order valence-corrected chi connectivity index (χ4v) is 1.46. The molecule has 0 radical (unpaired) electrons. The highest BCUT2D eigenvalue weighted by atomic mass is 16.5. The number of hydrogen-bond acceptors (Lipinski definition) is 4. The van der Waals surface area contributed by atoms with Gasteiger partial charge in [0.05, 0.1) is 7.11 Å². The summed E-state index contributed by atoms with van der Waals surface area (Å²) in [5, 5.41) is 1.34. The van der Waals surface area contributed by atoms with E-state index in [1.165, 1.54) is 5.31 Å². The highest BCUT2D eigenvalue weighted by Crippen LogP contribution is 2.25. The zero-order valence-corrected chi connectivity index (χ0v) is 8.19. The molecule has 1 aromatic rings. The van der Waals surface area contributed by atoms with Crippen molar-refractivity contribution in [1.29, 1.82) is 0 Å². The number of rotatable bonds is 1. The average Bonchev–Trinajstić information content (AvgIpc) is 2.25. The van der Waals surface area contributed by atoms with Gasteiger partial charge in [0, 0.05) is 11.3 Å². The first-order chi connectivity index (χ1) is 7.13. The van der Waals surface area contributed by atoms with E-state index < -0.39 is 0 Å². The van der Waals surface area contributed by atoms with Crippen molar-refractivity contribution >= 4 is 11.5 Å². The predicted octanol–water partition coefficient (Wildman–Crippen LogP) is 1.17. The predicted molar refractivity (Wildman–Crippen MR) is 56.8 cm³/mol. The summed E-state index contributed by atoms with van der Waals surface area (Å²) < 4.78 is 12.9. The van der Waals surface area contributed by atoms with Gasteiger partial charge in [0.2, 0.25) is 0 Å². The maximum Gasteiger partial charge on any atom is 0.162 e. The smallest absolute Gasteiger partial charge is 0.162 e. The molecule has 0 saturated carbocycles. The van der Waals surface area contributed by atoms with Gasteiger partial charge in [0.25, 0.3) is 0 Å². The lowest BCUT2D eigenvalue weighted by molar-refractivity contribution is 0.414. The molecule has 74 valence electrons. The van der Waals surface area contributed by atoms with E-state index in [0.29, 0.717) is 5.84 Å². The van der Waals surface area contributed by atoms with Crippen molar-refractivity contribution in [2.75, 3.05) is 12.4 Å². The second-order valence-electron chi connectivity index (χ2n) is 3.16. The Balaban J connectivity index is 2.54. The normalized spacial score (nSPS) is 21.0. The first-order valence-corrected chi connectivity index (χ1v) is 4.43. The molecule has 1 aliphatic rings. The lowest BCUT2D eigenvalue weighted by Gasteiger charge is -2.21. The van der Waals surface area contributed by atoms with Crippen molar-refractivity contribution in [3.8, 4) is 5.75 Å². The van der Waals surface area contributed by atoms with Gasteiger partial charge in [-0.05, 0) is 25.1 Å². The monoisotopic (exact) mass is 192 g/mol. The summed E-state index contributed by atoms with van der Waals surface area (Å²) in [6.45, 7) is 1.83. The quantitative estimate of drug-likeness (QED) is 0.702. The molecule has 0 saturated heterocycles. The van der Waals surface area contributed by atoms with Crippen molar-refractivity contribution in [2.45, 2.75) is 13.1 Å². The Hall–Kier alpha value is -1.71. The van der Waals surface area contributed by atoms with Crippen molar-refractivity contribution in [3.63, 3.8) is 0 Å². The number of ether oxygens (including phenoxy) is 1. The van der Waals surface area contributed by atoms with Crippen LogP contribution in [-0.4, -0.2) is 19.1 Å². The first kappa shape index (κ1) is 7.67. The molecule has 0 bridgehead atoms. The van der Waals surface area contributed by atoms with E-state index in [-0.39, 0.29) is 6.17 Å². The molecule has 0 spiro atoms. The number of anilines is 1. The third-order valence-electron chi connectivity index (χ3n) is 2.13. The molecule has 1 heterocycles. The summed E-state index contributed by atoms with van der Waals surface area (Å²) >= 11 is 0. The Bertz CT molecular complexity index is 419. The van der Waals surface area contributed by atoms with Gasteiger partial charge < -0.3 is 15.8 Å². The van der Waals surface area contributed by atoms with Gasteiger partial charge in [-0.3, -0.25) is 0 Å². The van der Waals surface area contributed by atoms with Crippen LogP contribution in [0.1, 0.15) is 12.5 Å². The molecule has 14 heavy (non-hydrogen) atoms. The lowest BCUT2D eigenvalue weighted by atomic mass is 10.1. The summed E-state index contributed by atoms with van der Waals surface area (Å²) in [5.74, 6) is 1.18. The third-order valence-corrected chi connectivity index (χ3v) is 2.13. The van der Waals surface area contributed by atoms with E-state index in [1.54, 1.807) is 13.2 Å². The molecule has 4 nitrogen and oxygen atoms in total. The molecule has 1 aliphatic heterocycles. The molecule has 2 rings (SSSR count). The summed E-state index contributed by atoms with van der Waals surface area (Å²) in [5.41, 5.74) is 7.32. The fourth-order valence-electron chi connectivity index (χ4n) is 1.46. The molecule has 4 heteroatoms. The van der Waals surface area contributed by atoms with Crippen molar-refractivity contribution in [2.24, 2.45) is 10.7 Å². The summed E-state index contributed by atoms with van der Waals surface area (Å²) in [4.78, 5) is 4.16. The van der Waals surface area contributed by atoms with Crippen LogP contribution >= 0.6 is 0 Å². The Kier molecular flexibility index (Phi) is 1.76. The average molecular weight is 192 g/mol. The second-order valence-corrected chi connectivity index (χ2v) is 3.16. The maximum atomic E-state index is 7.81. The topological polar surface area (TPSA) is 59.6 Å². The minimum atomic E-state index is -0.245. The fraction of sp³-hybridized carbons (Fsp3) is 0.300. The van der Waals surface area contributed by atoms with E-state index in [2.05, 4.69) is 4.99 Å². The van der Waals surface area contributed by atoms with Gasteiger partial charge in [-0.25, -0.2) is 4.99 Å². The molecule has 0 fully saturated rings. The highest BCUT2D eigenvalue weighted by molar-refractivity contribution is 6.04. The molecule has 0 aromatic heterocycles. The van der Waals surface area contributed by atoms with Crippen LogP contribution in [0.5, 0.6) is 5.75 Å². The summed E-state index contributed by atoms with van der Waals surface area (Å²) in [6, 6.07) is 5.42. The molecule has 3 N–H and O–H groups in total. The molecular formula is C10H13N3O. The number of amidine groups is 1. The highest BCUT2D eigenvalue weighted by Gasteiger charge is 2.15. The Morgan fingerprint density at radius 3 is 3.14 bits per heavy atom. The van der Waals surface area contributed by atoms with Gasteiger partial charge >= 0.3 is 0 Å². The van der Waals surface area contributed by atoms with Crippen LogP contribution in [0.2, 0.25) is 1.41 Å². The first-order valence-electron chi connectivity index (χ1n) is 4.88. The number of methoxy groups -OCH3 is 1. The second kappa shape index (κ2) is 3.21. The minimum absolute atomic E-state index is 0.245. The molecule has 0 amide bonds.